The van der Waals surface area contributed by atoms with Gasteiger partial charge >= 0.3 is 6.18 Å². The zero-order valence-corrected chi connectivity index (χ0v) is 18.0. The molecule has 0 atom stereocenters. The first kappa shape index (κ1) is 24.0. The molecule has 0 spiro atoms. The average Bonchev–Trinajstić information content (AvgIpc) is 2.62. The predicted molar refractivity (Wildman–Crippen MR) is 114 cm³/mol. The Labute approximate surface area is 179 Å². The summed E-state index contributed by atoms with van der Waals surface area (Å²) >= 11 is 0. The van der Waals surface area contributed by atoms with Gasteiger partial charge in [-0.3, -0.25) is 0 Å². The first-order valence-electron chi connectivity index (χ1n) is 8.58. The molecule has 5 nitrogen and oxygen atoms in total. The first-order valence-corrected chi connectivity index (χ1v) is 8.58. The normalized spacial score (nSPS) is 11.5. The molecule has 28 heavy (non-hydrogen) atoms. The molecule has 0 aliphatic rings. The van der Waals surface area contributed by atoms with E-state index in [2.05, 4.69) is 26.7 Å². The molecule has 2 aromatic rings. The van der Waals surface area contributed by atoms with Crippen LogP contribution in [0.15, 0.2) is 47.6 Å². The lowest BCUT2D eigenvalue weighted by molar-refractivity contribution is -0.154. The monoisotopic (exact) mass is 508 g/mol. The summed E-state index contributed by atoms with van der Waals surface area (Å²) in [6.07, 6.45) is -3.02. The number of ether oxygens (including phenoxy) is 1. The fourth-order valence-corrected chi connectivity index (χ4v) is 2.34. The molecule has 0 aliphatic carbocycles. The van der Waals surface area contributed by atoms with Crippen LogP contribution in [0.4, 0.5) is 13.2 Å². The number of aliphatic imine (C=N–C) groups is 1. The number of aryl methyl sites for hydroxylation is 1. The number of nitrogens with one attached hydrogen (secondary N) is 2. The Morgan fingerprint density at radius 3 is 2.64 bits per heavy atom. The SMILES string of the molecule is CCNC(=NCc1cccc(C)c1)NCc1cccnc1OCC(F)(F)F.I. The molecule has 1 aromatic carbocycles. The molecule has 0 aliphatic heterocycles. The number of benzene rings is 1. The zero-order chi connectivity index (χ0) is 19.7. The van der Waals surface area contributed by atoms with E-state index in [0.29, 0.717) is 24.6 Å². The maximum atomic E-state index is 12.4. The van der Waals surface area contributed by atoms with E-state index in [0.717, 1.165) is 11.1 Å². The molecule has 154 valence electrons. The number of guanidine groups is 1. The van der Waals surface area contributed by atoms with Crippen molar-refractivity contribution in [1.82, 2.24) is 15.6 Å². The molecule has 0 saturated heterocycles. The minimum absolute atomic E-state index is 0. The highest BCUT2D eigenvalue weighted by molar-refractivity contribution is 14.0. The molecule has 0 unspecified atom stereocenters. The van der Waals surface area contributed by atoms with E-state index in [4.69, 9.17) is 4.74 Å². The van der Waals surface area contributed by atoms with Crippen LogP contribution in [0, 0.1) is 6.92 Å². The van der Waals surface area contributed by atoms with Gasteiger partial charge in [-0.05, 0) is 25.5 Å². The topological polar surface area (TPSA) is 58.5 Å². The summed E-state index contributed by atoms with van der Waals surface area (Å²) in [6, 6.07) is 11.3. The van der Waals surface area contributed by atoms with Crippen LogP contribution in [0.2, 0.25) is 0 Å². The molecule has 0 radical (unpaired) electrons. The van der Waals surface area contributed by atoms with Gasteiger partial charge in [-0.25, -0.2) is 9.98 Å². The molecule has 0 fully saturated rings. The highest BCUT2D eigenvalue weighted by Gasteiger charge is 2.29. The van der Waals surface area contributed by atoms with Crippen LogP contribution in [0.3, 0.4) is 0 Å². The van der Waals surface area contributed by atoms with Crippen LogP contribution in [0.25, 0.3) is 0 Å². The summed E-state index contributed by atoms with van der Waals surface area (Å²) in [4.78, 5) is 8.39. The summed E-state index contributed by atoms with van der Waals surface area (Å²) in [5.41, 5.74) is 2.74. The Bertz CT molecular complexity index is 769. The van der Waals surface area contributed by atoms with Crippen molar-refractivity contribution in [2.45, 2.75) is 33.1 Å². The van der Waals surface area contributed by atoms with Crippen molar-refractivity contribution in [1.29, 1.82) is 0 Å². The summed E-state index contributed by atoms with van der Waals surface area (Å²) in [6.45, 7) is 3.96. The molecule has 0 bridgehead atoms. The van der Waals surface area contributed by atoms with Gasteiger partial charge in [0, 0.05) is 24.8 Å². The third-order valence-corrected chi connectivity index (χ3v) is 3.52. The Morgan fingerprint density at radius 2 is 1.96 bits per heavy atom. The predicted octanol–water partition coefficient (Wildman–Crippen LogP) is 4.20. The van der Waals surface area contributed by atoms with Gasteiger partial charge in [-0.1, -0.05) is 35.9 Å². The summed E-state index contributed by atoms with van der Waals surface area (Å²) in [7, 11) is 0. The molecule has 9 heteroatoms. The Kier molecular flexibility index (Phi) is 10.0. The van der Waals surface area contributed by atoms with E-state index >= 15 is 0 Å². The highest BCUT2D eigenvalue weighted by Crippen LogP contribution is 2.19. The second-order valence-corrected chi connectivity index (χ2v) is 5.91. The summed E-state index contributed by atoms with van der Waals surface area (Å²) < 4.78 is 41.9. The quantitative estimate of drug-likeness (QED) is 0.335. The van der Waals surface area contributed by atoms with Gasteiger partial charge in [0.15, 0.2) is 12.6 Å². The van der Waals surface area contributed by atoms with Gasteiger partial charge in [0.05, 0.1) is 6.54 Å². The van der Waals surface area contributed by atoms with Crippen LogP contribution < -0.4 is 15.4 Å². The van der Waals surface area contributed by atoms with E-state index < -0.39 is 12.8 Å². The minimum atomic E-state index is -4.41. The van der Waals surface area contributed by atoms with E-state index in [9.17, 15) is 13.2 Å². The molecule has 0 saturated carbocycles. The zero-order valence-electron chi connectivity index (χ0n) is 15.7. The number of rotatable bonds is 7. The smallest absolute Gasteiger partial charge is 0.422 e. The summed E-state index contributed by atoms with van der Waals surface area (Å²) in [5.74, 6) is 0.515. The second kappa shape index (κ2) is 11.7. The van der Waals surface area contributed by atoms with Gasteiger partial charge in [-0.2, -0.15) is 13.2 Å². The van der Waals surface area contributed by atoms with Crippen LogP contribution in [-0.4, -0.2) is 30.3 Å². The number of hydrogen-bond donors (Lipinski definition) is 2. The molecule has 2 rings (SSSR count). The third-order valence-electron chi connectivity index (χ3n) is 3.52. The lowest BCUT2D eigenvalue weighted by Crippen LogP contribution is -2.37. The maximum Gasteiger partial charge on any atom is 0.422 e. The standard InChI is InChI=1S/C19H23F3N4O.HI/c1-3-23-18(25-11-15-7-4-6-14(2)10-15)26-12-16-8-5-9-24-17(16)27-13-19(20,21)22;/h4-10H,3,11-13H2,1-2H3,(H2,23,25,26);1H. The molecule has 1 heterocycles. The van der Waals surface area contributed by atoms with E-state index in [-0.39, 0.29) is 36.4 Å². The Morgan fingerprint density at radius 1 is 1.18 bits per heavy atom. The van der Waals surface area contributed by atoms with Gasteiger partial charge < -0.3 is 15.4 Å². The fourth-order valence-electron chi connectivity index (χ4n) is 2.34. The minimum Gasteiger partial charge on any atom is -0.468 e. The largest absolute Gasteiger partial charge is 0.468 e. The van der Waals surface area contributed by atoms with Crippen molar-refractivity contribution < 1.29 is 17.9 Å². The number of hydrogen-bond acceptors (Lipinski definition) is 3. The van der Waals surface area contributed by atoms with Gasteiger partial charge in [0.1, 0.15) is 0 Å². The van der Waals surface area contributed by atoms with Crippen molar-refractivity contribution in [3.63, 3.8) is 0 Å². The Balaban J connectivity index is 0.00000392. The first-order chi connectivity index (χ1) is 12.9. The molecule has 1 aromatic heterocycles. The lowest BCUT2D eigenvalue weighted by atomic mass is 10.1. The van der Waals surface area contributed by atoms with E-state index in [1.54, 1.807) is 12.1 Å². The van der Waals surface area contributed by atoms with Crippen molar-refractivity contribution in [2.75, 3.05) is 13.2 Å². The molecular weight excluding hydrogens is 484 g/mol. The highest BCUT2D eigenvalue weighted by atomic mass is 127. The van der Waals surface area contributed by atoms with E-state index in [1.165, 1.54) is 6.20 Å². The number of aromatic nitrogens is 1. The van der Waals surface area contributed by atoms with Crippen LogP contribution in [-0.2, 0) is 13.1 Å². The van der Waals surface area contributed by atoms with Gasteiger partial charge in [0.25, 0.3) is 0 Å². The van der Waals surface area contributed by atoms with Gasteiger partial charge in [0.2, 0.25) is 5.88 Å². The Hall–Kier alpha value is -2.04. The third kappa shape index (κ3) is 8.77. The average molecular weight is 508 g/mol. The molecule has 0 amide bonds. The second-order valence-electron chi connectivity index (χ2n) is 5.91. The number of nitrogens with zero attached hydrogens (tertiary/aromatic N) is 2. The summed E-state index contributed by atoms with van der Waals surface area (Å²) in [5, 5.41) is 6.21. The number of pyridine rings is 1. The van der Waals surface area contributed by atoms with Crippen molar-refractivity contribution in [3.8, 4) is 5.88 Å². The van der Waals surface area contributed by atoms with Crippen molar-refractivity contribution >= 4 is 29.9 Å². The van der Waals surface area contributed by atoms with E-state index in [1.807, 2.05) is 32.0 Å². The number of alkyl halides is 3. The van der Waals surface area contributed by atoms with Crippen LogP contribution in [0.5, 0.6) is 5.88 Å². The van der Waals surface area contributed by atoms with Crippen LogP contribution in [0.1, 0.15) is 23.6 Å². The lowest BCUT2D eigenvalue weighted by Gasteiger charge is -2.14. The van der Waals surface area contributed by atoms with Crippen molar-refractivity contribution in [3.05, 3.63) is 59.3 Å². The fraction of sp³-hybridized carbons (Fsp3) is 0.368. The van der Waals surface area contributed by atoms with Gasteiger partial charge in [-0.15, -0.1) is 24.0 Å². The molecule has 2 N–H and O–H groups in total. The van der Waals surface area contributed by atoms with Crippen molar-refractivity contribution in [2.24, 2.45) is 4.99 Å². The van der Waals surface area contributed by atoms with Crippen LogP contribution >= 0.6 is 24.0 Å². The number of halogens is 4. The molecular formula is C19H24F3IN4O. The maximum absolute atomic E-state index is 12.4.